The van der Waals surface area contributed by atoms with Crippen molar-refractivity contribution in [1.29, 1.82) is 0 Å². The van der Waals surface area contributed by atoms with E-state index in [0.717, 1.165) is 0 Å². The Kier molecular flexibility index (Phi) is 3.04. The third-order valence-corrected chi connectivity index (χ3v) is 1.04. The molecule has 0 aliphatic heterocycles. The highest BCUT2D eigenvalue weighted by atomic mass is 16.7. The third-order valence-electron chi connectivity index (χ3n) is 1.04. The molecule has 0 atom stereocenters. The Hall–Kier alpha value is -1.62. The van der Waals surface area contributed by atoms with E-state index in [1.165, 1.54) is 0 Å². The molecule has 2 N–H and O–H groups in total. The van der Waals surface area contributed by atoms with Crippen LogP contribution in [0.15, 0.2) is 24.4 Å². The number of carboxylic acid groups (broad SMARTS) is 1. The number of hydrogen-bond acceptors (Lipinski definition) is 4. The molecule has 0 aromatic carbocycles. The Morgan fingerprint density at radius 1 is 1.67 bits per heavy atom. The summed E-state index contributed by atoms with van der Waals surface area (Å²) in [7, 11) is 0. The normalized spacial score (nSPS) is 9.33. The summed E-state index contributed by atoms with van der Waals surface area (Å²) in [4.78, 5) is 18.4. The molecular weight excluding hydrogens is 160 g/mol. The summed E-state index contributed by atoms with van der Waals surface area (Å²) in [6, 6.07) is 5.18. The summed E-state index contributed by atoms with van der Waals surface area (Å²) in [6.07, 6.45) is 1.58. The van der Waals surface area contributed by atoms with Crippen molar-refractivity contribution in [3.05, 3.63) is 24.4 Å². The van der Waals surface area contributed by atoms with Crippen molar-refractivity contribution < 1.29 is 14.7 Å². The van der Waals surface area contributed by atoms with Crippen molar-refractivity contribution in [3.63, 3.8) is 0 Å². The molecule has 0 spiro atoms. The monoisotopic (exact) mass is 168 g/mol. The number of nitrogens with zero attached hydrogens (tertiary/aromatic N) is 1. The van der Waals surface area contributed by atoms with Crippen molar-refractivity contribution in [2.24, 2.45) is 0 Å². The van der Waals surface area contributed by atoms with Crippen LogP contribution in [0, 0.1) is 0 Å². The quantitative estimate of drug-likeness (QED) is 0.641. The van der Waals surface area contributed by atoms with Gasteiger partial charge in [0.1, 0.15) is 5.82 Å². The molecule has 1 aromatic heterocycles. The molecule has 0 fully saturated rings. The summed E-state index contributed by atoms with van der Waals surface area (Å²) in [5.74, 6) is -0.544. The first-order valence-corrected chi connectivity index (χ1v) is 3.29. The lowest BCUT2D eigenvalue weighted by molar-refractivity contribution is -0.141. The molecule has 0 bridgehead atoms. The van der Waals surface area contributed by atoms with Crippen molar-refractivity contribution in [1.82, 2.24) is 4.98 Å². The molecule has 1 aromatic rings. The number of rotatable bonds is 4. The fourth-order valence-corrected chi connectivity index (χ4v) is 0.595. The number of carbonyl (C=O) groups is 1. The number of nitrogens with one attached hydrogen (secondary N) is 1. The van der Waals surface area contributed by atoms with Crippen molar-refractivity contribution in [2.45, 2.75) is 0 Å². The summed E-state index contributed by atoms with van der Waals surface area (Å²) in [5.41, 5.74) is 2.38. The van der Waals surface area contributed by atoms with Crippen molar-refractivity contribution in [2.75, 3.05) is 12.1 Å². The Morgan fingerprint density at radius 3 is 3.08 bits per heavy atom. The van der Waals surface area contributed by atoms with E-state index in [-0.39, 0.29) is 0 Å². The molecule has 5 heteroatoms. The van der Waals surface area contributed by atoms with E-state index in [1.54, 1.807) is 24.4 Å². The molecule has 0 saturated heterocycles. The van der Waals surface area contributed by atoms with E-state index in [0.29, 0.717) is 5.82 Å². The Bertz CT molecular complexity index is 250. The Balaban J connectivity index is 2.29. The lowest BCUT2D eigenvalue weighted by Gasteiger charge is -2.01. The van der Waals surface area contributed by atoms with Crippen LogP contribution in [0.4, 0.5) is 5.82 Å². The van der Waals surface area contributed by atoms with Crippen LogP contribution in [-0.2, 0) is 9.63 Å². The maximum atomic E-state index is 10.0. The van der Waals surface area contributed by atoms with Gasteiger partial charge in [-0.25, -0.2) is 15.3 Å². The van der Waals surface area contributed by atoms with Crippen LogP contribution in [0.5, 0.6) is 0 Å². The molecule has 0 amide bonds. The highest BCUT2D eigenvalue weighted by Gasteiger charge is 1.95. The summed E-state index contributed by atoms with van der Waals surface area (Å²) < 4.78 is 0. The van der Waals surface area contributed by atoms with E-state index in [4.69, 9.17) is 5.11 Å². The molecule has 64 valence electrons. The minimum atomic E-state index is -1.03. The first-order chi connectivity index (χ1) is 5.79. The smallest absolute Gasteiger partial charge is 0.332 e. The van der Waals surface area contributed by atoms with Gasteiger partial charge in [0.05, 0.1) is 0 Å². The van der Waals surface area contributed by atoms with Gasteiger partial charge in [0.2, 0.25) is 0 Å². The van der Waals surface area contributed by atoms with E-state index < -0.39 is 12.6 Å². The SMILES string of the molecule is O=C(O)CONc1ccccn1. The average Bonchev–Trinajstić information content (AvgIpc) is 2.05. The molecule has 1 heterocycles. The summed E-state index contributed by atoms with van der Waals surface area (Å²) in [6.45, 7) is -0.392. The fraction of sp³-hybridized carbons (Fsp3) is 0.143. The molecule has 5 nitrogen and oxygen atoms in total. The predicted molar refractivity (Wildman–Crippen MR) is 41.4 cm³/mol. The topological polar surface area (TPSA) is 71.5 Å². The van der Waals surface area contributed by atoms with Gasteiger partial charge >= 0.3 is 5.97 Å². The van der Waals surface area contributed by atoms with Gasteiger partial charge in [-0.15, -0.1) is 0 Å². The maximum Gasteiger partial charge on any atom is 0.332 e. The molecule has 1 rings (SSSR count). The lowest BCUT2D eigenvalue weighted by Crippen LogP contribution is -2.11. The van der Waals surface area contributed by atoms with E-state index in [9.17, 15) is 4.79 Å². The van der Waals surface area contributed by atoms with Gasteiger partial charge in [-0.05, 0) is 12.1 Å². The van der Waals surface area contributed by atoms with Crippen molar-refractivity contribution >= 4 is 11.8 Å². The molecular formula is C7H8N2O3. The van der Waals surface area contributed by atoms with Gasteiger partial charge in [0.25, 0.3) is 0 Å². The lowest BCUT2D eigenvalue weighted by atomic mass is 10.5. The first-order valence-electron chi connectivity index (χ1n) is 3.29. The minimum Gasteiger partial charge on any atom is -0.479 e. The molecule has 0 unspecified atom stereocenters. The minimum absolute atomic E-state index is 0.392. The zero-order valence-corrected chi connectivity index (χ0v) is 6.23. The third kappa shape index (κ3) is 2.98. The Morgan fingerprint density at radius 2 is 2.50 bits per heavy atom. The van der Waals surface area contributed by atoms with Crippen LogP contribution >= 0.6 is 0 Å². The van der Waals surface area contributed by atoms with Crippen LogP contribution in [0.3, 0.4) is 0 Å². The zero-order valence-electron chi connectivity index (χ0n) is 6.23. The zero-order chi connectivity index (χ0) is 8.81. The molecule has 12 heavy (non-hydrogen) atoms. The molecule has 0 radical (unpaired) electrons. The number of aliphatic carboxylic acids is 1. The molecule has 0 aliphatic carbocycles. The van der Waals surface area contributed by atoms with Gasteiger partial charge in [-0.1, -0.05) is 6.07 Å². The molecule has 0 saturated carbocycles. The number of anilines is 1. The summed E-state index contributed by atoms with van der Waals surface area (Å²) >= 11 is 0. The van der Waals surface area contributed by atoms with Gasteiger partial charge < -0.3 is 5.11 Å². The van der Waals surface area contributed by atoms with Crippen LogP contribution in [0.2, 0.25) is 0 Å². The van der Waals surface area contributed by atoms with Crippen LogP contribution in [-0.4, -0.2) is 22.7 Å². The second-order valence-corrected chi connectivity index (χ2v) is 2.00. The highest BCUT2D eigenvalue weighted by molar-refractivity contribution is 5.68. The number of carboxylic acids is 1. The first kappa shape index (κ1) is 8.48. The fourth-order valence-electron chi connectivity index (χ4n) is 0.595. The van der Waals surface area contributed by atoms with E-state index >= 15 is 0 Å². The van der Waals surface area contributed by atoms with Crippen LogP contribution in [0.1, 0.15) is 0 Å². The highest BCUT2D eigenvalue weighted by Crippen LogP contribution is 1.98. The van der Waals surface area contributed by atoms with E-state index in [1.807, 2.05) is 0 Å². The van der Waals surface area contributed by atoms with E-state index in [2.05, 4.69) is 15.3 Å². The predicted octanol–water partition coefficient (Wildman–Crippen LogP) is 0.510. The largest absolute Gasteiger partial charge is 0.479 e. The maximum absolute atomic E-state index is 10.0. The molecule has 0 aliphatic rings. The van der Waals surface area contributed by atoms with Crippen LogP contribution in [0.25, 0.3) is 0 Å². The number of aromatic nitrogens is 1. The van der Waals surface area contributed by atoms with Gasteiger partial charge in [0.15, 0.2) is 6.61 Å². The van der Waals surface area contributed by atoms with Gasteiger partial charge in [-0.3, -0.25) is 4.84 Å². The van der Waals surface area contributed by atoms with Crippen molar-refractivity contribution in [3.8, 4) is 0 Å². The average molecular weight is 168 g/mol. The number of pyridine rings is 1. The second kappa shape index (κ2) is 4.30. The second-order valence-electron chi connectivity index (χ2n) is 2.00. The van der Waals surface area contributed by atoms with Gasteiger partial charge in [-0.2, -0.15) is 0 Å². The van der Waals surface area contributed by atoms with Gasteiger partial charge in [0, 0.05) is 6.20 Å². The summed E-state index contributed by atoms with van der Waals surface area (Å²) in [5, 5.41) is 8.21. The standard InChI is InChI=1S/C7H8N2O3/c10-7(11)5-12-9-6-3-1-2-4-8-6/h1-4H,5H2,(H,8,9)(H,10,11). The van der Waals surface area contributed by atoms with Crippen LogP contribution < -0.4 is 5.48 Å². The Labute approximate surface area is 69.0 Å². The number of hydrogen-bond donors (Lipinski definition) is 2.